The lowest BCUT2D eigenvalue weighted by Gasteiger charge is -2.28. The van der Waals surface area contributed by atoms with E-state index in [9.17, 15) is 0 Å². The van der Waals surface area contributed by atoms with Crippen molar-refractivity contribution in [1.29, 1.82) is 0 Å². The predicted molar refractivity (Wildman–Crippen MR) is 89.5 cm³/mol. The second-order valence-electron chi connectivity index (χ2n) is 6.98. The normalized spacial score (nSPS) is 26.3. The minimum absolute atomic E-state index is 0.274. The second kappa shape index (κ2) is 8.57. The Morgan fingerprint density at radius 1 is 1.00 bits per heavy atom. The number of rotatable bonds is 2. The van der Waals surface area contributed by atoms with Gasteiger partial charge in [0.05, 0.1) is 0 Å². The Kier molecular flexibility index (Phi) is 6.75. The van der Waals surface area contributed by atoms with E-state index in [1.165, 1.54) is 63.6 Å². The molecule has 2 rings (SSSR count). The number of hydrogen-bond donors (Lipinski definition) is 1. The standard InChI is InChI=1S/C18H33N3/c1-15(2)18-20-13-14-21(18)17-12-10-8-6-4-3-5-7-9-11-16(17)19/h13-17H,3-12,19H2,1-2H3. The van der Waals surface area contributed by atoms with Crippen molar-refractivity contribution in [3.05, 3.63) is 18.2 Å². The fourth-order valence-electron chi connectivity index (χ4n) is 3.60. The molecule has 21 heavy (non-hydrogen) atoms. The molecule has 0 saturated heterocycles. The molecule has 1 aliphatic rings. The van der Waals surface area contributed by atoms with Gasteiger partial charge in [-0.25, -0.2) is 4.98 Å². The first-order valence-electron chi connectivity index (χ1n) is 8.98. The summed E-state index contributed by atoms with van der Waals surface area (Å²) in [4.78, 5) is 4.56. The van der Waals surface area contributed by atoms with Crippen LogP contribution in [0.25, 0.3) is 0 Å². The zero-order valence-electron chi connectivity index (χ0n) is 13.9. The molecule has 2 atom stereocenters. The number of nitrogens with two attached hydrogens (primary N) is 1. The van der Waals surface area contributed by atoms with Gasteiger partial charge in [-0.3, -0.25) is 0 Å². The highest BCUT2D eigenvalue weighted by Gasteiger charge is 2.22. The molecule has 0 amide bonds. The van der Waals surface area contributed by atoms with Gasteiger partial charge in [-0.05, 0) is 12.8 Å². The molecule has 0 aliphatic heterocycles. The van der Waals surface area contributed by atoms with Crippen molar-refractivity contribution in [3.8, 4) is 0 Å². The van der Waals surface area contributed by atoms with E-state index in [1.807, 2.05) is 6.20 Å². The van der Waals surface area contributed by atoms with Gasteiger partial charge in [0.15, 0.2) is 0 Å². The molecule has 1 saturated carbocycles. The van der Waals surface area contributed by atoms with E-state index >= 15 is 0 Å². The molecule has 2 unspecified atom stereocenters. The molecule has 1 aromatic heterocycles. The number of imidazole rings is 1. The molecule has 1 fully saturated rings. The van der Waals surface area contributed by atoms with Crippen LogP contribution in [0.4, 0.5) is 0 Å². The van der Waals surface area contributed by atoms with Gasteiger partial charge in [0.1, 0.15) is 5.82 Å². The zero-order chi connectivity index (χ0) is 15.1. The van der Waals surface area contributed by atoms with Crippen LogP contribution in [0.3, 0.4) is 0 Å². The van der Waals surface area contributed by atoms with Gasteiger partial charge in [-0.2, -0.15) is 0 Å². The third kappa shape index (κ3) is 4.84. The van der Waals surface area contributed by atoms with E-state index in [4.69, 9.17) is 5.73 Å². The lowest BCUT2D eigenvalue weighted by molar-refractivity contribution is 0.332. The van der Waals surface area contributed by atoms with E-state index in [2.05, 4.69) is 29.6 Å². The summed E-state index contributed by atoms with van der Waals surface area (Å²) in [6.07, 6.45) is 17.3. The Morgan fingerprint density at radius 3 is 2.19 bits per heavy atom. The molecule has 0 radical (unpaired) electrons. The van der Waals surface area contributed by atoms with Crippen molar-refractivity contribution >= 4 is 0 Å². The lowest BCUT2D eigenvalue weighted by Crippen LogP contribution is -2.33. The van der Waals surface area contributed by atoms with Crippen molar-refractivity contribution in [3.63, 3.8) is 0 Å². The van der Waals surface area contributed by atoms with Crippen LogP contribution in [0.2, 0.25) is 0 Å². The second-order valence-corrected chi connectivity index (χ2v) is 6.98. The Hall–Kier alpha value is -0.830. The fraction of sp³-hybridized carbons (Fsp3) is 0.833. The largest absolute Gasteiger partial charge is 0.330 e. The summed E-state index contributed by atoms with van der Waals surface area (Å²) < 4.78 is 2.38. The molecular formula is C18H33N3. The van der Waals surface area contributed by atoms with E-state index in [1.54, 1.807) is 0 Å². The minimum atomic E-state index is 0.274. The maximum Gasteiger partial charge on any atom is 0.111 e. The Labute approximate surface area is 130 Å². The summed E-state index contributed by atoms with van der Waals surface area (Å²) in [6.45, 7) is 4.44. The van der Waals surface area contributed by atoms with Crippen LogP contribution < -0.4 is 5.73 Å². The van der Waals surface area contributed by atoms with Crippen LogP contribution in [-0.2, 0) is 0 Å². The number of aromatic nitrogens is 2. The molecule has 3 heteroatoms. The molecule has 0 spiro atoms. The van der Waals surface area contributed by atoms with Gasteiger partial charge in [0, 0.05) is 30.4 Å². The van der Waals surface area contributed by atoms with Crippen LogP contribution in [-0.4, -0.2) is 15.6 Å². The molecule has 0 bridgehead atoms. The molecule has 0 aromatic carbocycles. The van der Waals surface area contributed by atoms with E-state index in [0.29, 0.717) is 12.0 Å². The third-order valence-electron chi connectivity index (χ3n) is 4.85. The van der Waals surface area contributed by atoms with Crippen LogP contribution in [0.1, 0.15) is 95.8 Å². The maximum atomic E-state index is 6.57. The highest BCUT2D eigenvalue weighted by Crippen LogP contribution is 2.27. The van der Waals surface area contributed by atoms with Gasteiger partial charge in [0.2, 0.25) is 0 Å². The number of hydrogen-bond acceptors (Lipinski definition) is 2. The molecule has 3 nitrogen and oxygen atoms in total. The zero-order valence-corrected chi connectivity index (χ0v) is 13.9. The van der Waals surface area contributed by atoms with Crippen molar-refractivity contribution in [2.45, 2.75) is 96.1 Å². The van der Waals surface area contributed by atoms with Gasteiger partial charge in [0.25, 0.3) is 0 Å². The van der Waals surface area contributed by atoms with Crippen LogP contribution in [0.5, 0.6) is 0 Å². The van der Waals surface area contributed by atoms with E-state index in [0.717, 1.165) is 6.42 Å². The van der Waals surface area contributed by atoms with Crippen LogP contribution >= 0.6 is 0 Å². The van der Waals surface area contributed by atoms with Crippen LogP contribution in [0.15, 0.2) is 12.4 Å². The van der Waals surface area contributed by atoms with Crippen molar-refractivity contribution in [2.75, 3.05) is 0 Å². The molecule has 1 heterocycles. The molecule has 1 aromatic rings. The summed E-state index contributed by atoms with van der Waals surface area (Å²) in [5.74, 6) is 1.66. The highest BCUT2D eigenvalue weighted by atomic mass is 15.1. The molecule has 1 aliphatic carbocycles. The summed E-state index contributed by atoms with van der Waals surface area (Å²) in [5, 5.41) is 0. The lowest BCUT2D eigenvalue weighted by atomic mass is 9.94. The summed E-state index contributed by atoms with van der Waals surface area (Å²) in [7, 11) is 0. The Bertz CT molecular complexity index is 397. The first kappa shape index (κ1) is 16.5. The van der Waals surface area contributed by atoms with Gasteiger partial charge in [-0.1, -0.05) is 65.2 Å². The molecular weight excluding hydrogens is 258 g/mol. The topological polar surface area (TPSA) is 43.8 Å². The van der Waals surface area contributed by atoms with Crippen molar-refractivity contribution in [2.24, 2.45) is 5.73 Å². The van der Waals surface area contributed by atoms with Crippen LogP contribution in [0, 0.1) is 0 Å². The fourth-order valence-corrected chi connectivity index (χ4v) is 3.60. The highest BCUT2D eigenvalue weighted by molar-refractivity contribution is 5.01. The summed E-state index contributed by atoms with van der Waals surface area (Å²) >= 11 is 0. The van der Waals surface area contributed by atoms with Crippen molar-refractivity contribution < 1.29 is 0 Å². The summed E-state index contributed by atoms with van der Waals surface area (Å²) in [5.41, 5.74) is 6.57. The minimum Gasteiger partial charge on any atom is -0.330 e. The SMILES string of the molecule is CC(C)c1nccn1C1CCCCCCCCCCC1N. The van der Waals surface area contributed by atoms with Gasteiger partial charge in [-0.15, -0.1) is 0 Å². The predicted octanol–water partition coefficient (Wildman–Crippen LogP) is 4.79. The number of nitrogens with zero attached hydrogens (tertiary/aromatic N) is 2. The average Bonchev–Trinajstić information content (AvgIpc) is 2.92. The quantitative estimate of drug-likeness (QED) is 0.851. The van der Waals surface area contributed by atoms with Gasteiger partial charge < -0.3 is 10.3 Å². The van der Waals surface area contributed by atoms with Gasteiger partial charge >= 0.3 is 0 Å². The monoisotopic (exact) mass is 291 g/mol. The molecule has 2 N–H and O–H groups in total. The first-order chi connectivity index (χ1) is 10.2. The van der Waals surface area contributed by atoms with E-state index < -0.39 is 0 Å². The first-order valence-corrected chi connectivity index (χ1v) is 8.98. The average molecular weight is 291 g/mol. The molecule has 120 valence electrons. The van der Waals surface area contributed by atoms with Crippen molar-refractivity contribution in [1.82, 2.24) is 9.55 Å². The Morgan fingerprint density at radius 2 is 1.57 bits per heavy atom. The Balaban J connectivity index is 2.09. The third-order valence-corrected chi connectivity index (χ3v) is 4.85. The maximum absolute atomic E-state index is 6.57. The summed E-state index contributed by atoms with van der Waals surface area (Å²) in [6, 6.07) is 0.709. The smallest absolute Gasteiger partial charge is 0.111 e. The van der Waals surface area contributed by atoms with E-state index in [-0.39, 0.29) is 6.04 Å².